The molecular weight excluding hydrogens is 963 g/mol. The predicted octanol–water partition coefficient (Wildman–Crippen LogP) is 12.2. The van der Waals surface area contributed by atoms with Gasteiger partial charge in [-0.05, 0) is 53.4 Å². The molecule has 0 unspecified atom stereocenters. The Hall–Kier alpha value is -8.79. The van der Waals surface area contributed by atoms with Gasteiger partial charge in [0.1, 0.15) is 33.4 Å². The molecule has 76 heavy (non-hydrogen) atoms. The molecule has 0 radical (unpaired) electrons. The maximum Gasteiger partial charge on any atom is 0.328 e. The van der Waals surface area contributed by atoms with Crippen molar-refractivity contribution in [3.63, 3.8) is 0 Å². The zero-order valence-electron chi connectivity index (χ0n) is 42.0. The first-order chi connectivity index (χ1) is 37.4. The molecule has 11 aromatic rings. The monoisotopic (exact) mass is 1010 g/mol. The minimum absolute atomic E-state index is 0.150. The van der Waals surface area contributed by atoms with Gasteiger partial charge in [0.15, 0.2) is 0 Å². The van der Waals surface area contributed by atoms with E-state index < -0.39 is 13.7 Å². The Labute approximate surface area is 450 Å². The van der Waals surface area contributed by atoms with Crippen LogP contribution in [0.3, 0.4) is 0 Å². The highest BCUT2D eigenvalue weighted by Crippen LogP contribution is 2.45. The summed E-state index contributed by atoms with van der Waals surface area (Å²) in [6.07, 6.45) is 0. The maximum atomic E-state index is 12.3. The predicted molar refractivity (Wildman–Crippen MR) is 322 cm³/mol. The first kappa shape index (κ1) is 47.0. The van der Waals surface area contributed by atoms with Crippen molar-refractivity contribution in [2.45, 2.75) is 36.5 Å². The zero-order valence-corrected chi connectivity index (χ0v) is 43.6. The Morgan fingerprint density at radius 3 is 1.26 bits per heavy atom. The number of rotatable bonds is 10. The van der Waals surface area contributed by atoms with Gasteiger partial charge in [0, 0.05) is 48.3 Å². The van der Waals surface area contributed by atoms with Gasteiger partial charge in [0.05, 0.1) is 22.1 Å². The third-order valence-electron chi connectivity index (χ3n) is 14.8. The third-order valence-corrected chi connectivity index (χ3v) is 16.9. The second-order valence-electron chi connectivity index (χ2n) is 19.6. The van der Waals surface area contributed by atoms with Crippen LogP contribution in [0.15, 0.2) is 238 Å². The van der Waals surface area contributed by atoms with Gasteiger partial charge < -0.3 is 8.96 Å². The van der Waals surface area contributed by atoms with Gasteiger partial charge in [0.2, 0.25) is 0 Å². The number of aromatic nitrogens is 2. The topological polar surface area (TPSA) is 82.2 Å². The summed E-state index contributed by atoms with van der Waals surface area (Å²) in [6, 6.07) is 81.9. The standard InChI is InChI=1S/C66H46B2N6S2/c1-42(2)61-59-60(64(73(61)67(46-27-8-4-9-28-46)47-29-10-5-11-30-47)52(41-70)66-72-54-37-19-24-45-26-21-39-56(76-66)58(45)54)62(50-35-17-16-22-43(50)3)74(68(48-31-12-6-13-32-48)49-33-14-7-15-34-49)63(59)51(40-69)65-71-53-36-18-23-44-25-20-38-55(75-65)57(44)53/h4-39,42H,1-3H3/b63-51-,64-52-. The number of hydrogen-bond donors (Lipinski definition) is 0. The summed E-state index contributed by atoms with van der Waals surface area (Å²) in [5.41, 5.74) is 10.6. The van der Waals surface area contributed by atoms with Crippen LogP contribution in [0.5, 0.6) is 0 Å². The highest BCUT2D eigenvalue weighted by molar-refractivity contribution is 8.15. The third kappa shape index (κ3) is 7.75. The lowest BCUT2D eigenvalue weighted by molar-refractivity contribution is 0.810. The zero-order chi connectivity index (χ0) is 51.4. The van der Waals surface area contributed by atoms with Crippen molar-refractivity contribution in [1.82, 2.24) is 8.96 Å². The molecule has 2 aliphatic heterocycles. The lowest BCUT2D eigenvalue weighted by atomic mass is 9.50. The summed E-state index contributed by atoms with van der Waals surface area (Å²) >= 11 is 3.09. The fourth-order valence-corrected chi connectivity index (χ4v) is 13.8. The number of aryl methyl sites for hydroxylation is 1. The van der Waals surface area contributed by atoms with Gasteiger partial charge in [-0.2, -0.15) is 10.5 Å². The molecule has 0 N–H and O–H groups in total. The van der Waals surface area contributed by atoms with E-state index in [0.717, 1.165) is 109 Å². The Morgan fingerprint density at radius 1 is 0.447 bits per heavy atom. The summed E-state index contributed by atoms with van der Waals surface area (Å²) in [7, 11) is 0. The molecule has 6 nitrogen and oxygen atoms in total. The lowest BCUT2D eigenvalue weighted by Crippen LogP contribution is -2.55. The van der Waals surface area contributed by atoms with Gasteiger partial charge in [-0.25, -0.2) is 9.98 Å². The van der Waals surface area contributed by atoms with E-state index in [1.54, 1.807) is 23.5 Å². The quantitative estimate of drug-likeness (QED) is 0.128. The molecule has 2 aromatic heterocycles. The van der Waals surface area contributed by atoms with E-state index in [1.807, 2.05) is 12.1 Å². The molecule has 0 saturated heterocycles. The molecule has 0 bridgehead atoms. The van der Waals surface area contributed by atoms with Crippen LogP contribution >= 0.6 is 23.5 Å². The van der Waals surface area contributed by atoms with Gasteiger partial charge in [0.25, 0.3) is 0 Å². The summed E-state index contributed by atoms with van der Waals surface area (Å²) in [4.78, 5) is 13.0. The number of nitriles is 2. The van der Waals surface area contributed by atoms with Gasteiger partial charge in [-0.3, -0.25) is 0 Å². The van der Waals surface area contributed by atoms with Gasteiger partial charge in [-0.1, -0.05) is 253 Å². The molecule has 0 atom stereocenters. The highest BCUT2D eigenvalue weighted by atomic mass is 32.2. The smallest absolute Gasteiger partial charge is 0.328 e. The molecule has 10 heteroatoms. The molecule has 2 aliphatic rings. The molecule has 0 amide bonds. The average molecular weight is 1010 g/mol. The first-order valence-corrected chi connectivity index (χ1v) is 27.2. The first-order valence-electron chi connectivity index (χ1n) is 25.6. The van der Waals surface area contributed by atoms with Crippen molar-refractivity contribution in [2.75, 3.05) is 0 Å². The van der Waals surface area contributed by atoms with Crippen LogP contribution in [0.1, 0.15) is 31.0 Å². The number of thioether (sulfide) groups is 2. The van der Waals surface area contributed by atoms with Crippen molar-refractivity contribution in [2.24, 2.45) is 9.98 Å². The summed E-state index contributed by atoms with van der Waals surface area (Å²) in [5.74, 6) is -0.150. The van der Waals surface area contributed by atoms with Crippen LogP contribution in [0.2, 0.25) is 0 Å². The number of hydrogen-bond acceptors (Lipinski definition) is 6. The van der Waals surface area contributed by atoms with E-state index in [1.165, 1.54) is 0 Å². The van der Waals surface area contributed by atoms with E-state index in [-0.39, 0.29) is 5.92 Å². The largest absolute Gasteiger partial charge is 0.378 e. The van der Waals surface area contributed by atoms with E-state index >= 15 is 0 Å². The molecular formula is C66H46B2N6S2. The second-order valence-corrected chi connectivity index (χ2v) is 21.7. The molecule has 9 aromatic carbocycles. The summed E-state index contributed by atoms with van der Waals surface area (Å²) < 4.78 is 4.88. The fraction of sp³-hybridized carbons (Fsp3) is 0.0606. The number of aliphatic imine (C=N–C) groups is 2. The van der Waals surface area contributed by atoms with Crippen molar-refractivity contribution in [3.05, 3.63) is 240 Å². The highest BCUT2D eigenvalue weighted by Gasteiger charge is 2.38. The average Bonchev–Trinajstić information content (AvgIpc) is 4.15. The Kier molecular flexibility index (Phi) is 12.0. The molecule has 0 spiro atoms. The van der Waals surface area contributed by atoms with Crippen LogP contribution in [0.25, 0.3) is 54.7 Å². The molecule has 0 fully saturated rings. The van der Waals surface area contributed by atoms with Gasteiger partial charge in [-0.15, -0.1) is 0 Å². The van der Waals surface area contributed by atoms with E-state index in [9.17, 15) is 10.5 Å². The van der Waals surface area contributed by atoms with Crippen LogP contribution in [0, 0.1) is 29.6 Å². The number of fused-ring (bicyclic) bond motifs is 1. The van der Waals surface area contributed by atoms with Crippen LogP contribution in [-0.2, 0) is 0 Å². The molecule has 358 valence electrons. The lowest BCUT2D eigenvalue weighted by Gasteiger charge is -2.26. The molecule has 4 heterocycles. The van der Waals surface area contributed by atoms with E-state index in [0.29, 0.717) is 21.2 Å². The Balaban J connectivity index is 1.34. The van der Waals surface area contributed by atoms with Crippen molar-refractivity contribution >= 4 is 124 Å². The Morgan fingerprint density at radius 2 is 0.842 bits per heavy atom. The van der Waals surface area contributed by atoms with E-state index in [2.05, 4.69) is 248 Å². The normalized spacial score (nSPS) is 13.5. The number of nitrogens with zero attached hydrogens (tertiary/aromatic N) is 6. The van der Waals surface area contributed by atoms with Crippen LogP contribution in [-0.4, -0.2) is 32.7 Å². The van der Waals surface area contributed by atoms with Crippen LogP contribution < -0.4 is 32.5 Å². The van der Waals surface area contributed by atoms with Crippen molar-refractivity contribution in [3.8, 4) is 23.4 Å². The number of benzene rings is 9. The van der Waals surface area contributed by atoms with E-state index in [4.69, 9.17) is 9.98 Å². The summed E-state index contributed by atoms with van der Waals surface area (Å²) in [5, 5.41) is 33.5. The fourth-order valence-electron chi connectivity index (χ4n) is 11.7. The molecule has 0 saturated carbocycles. The second kappa shape index (κ2) is 19.5. The summed E-state index contributed by atoms with van der Waals surface area (Å²) in [6.45, 7) is 5.78. The van der Waals surface area contributed by atoms with Crippen LogP contribution in [0.4, 0.5) is 11.4 Å². The SMILES string of the molecule is Cc1ccccc1-c1c2/c(=C(\C#N)C3=Nc4cccc5cccc(c45)S3)n(B(c3ccccc3)c3ccccc3)c(C(C)C)c2/c(=C(\C#N)C2=Nc3cccc4cccc(c34)S2)n1B(c1ccccc1)c1ccccc1. The van der Waals surface area contributed by atoms with Crippen molar-refractivity contribution < 1.29 is 0 Å². The van der Waals surface area contributed by atoms with Gasteiger partial charge >= 0.3 is 13.7 Å². The minimum Gasteiger partial charge on any atom is -0.378 e. The molecule has 0 aliphatic carbocycles. The van der Waals surface area contributed by atoms with Crippen molar-refractivity contribution in [1.29, 1.82) is 10.5 Å². The molecule has 13 rings (SSSR count). The minimum atomic E-state index is -0.454. The maximum absolute atomic E-state index is 12.3. The Bertz CT molecular complexity index is 4200.